The van der Waals surface area contributed by atoms with E-state index in [0.29, 0.717) is 0 Å². The highest BCUT2D eigenvalue weighted by Crippen LogP contribution is 2.17. The number of hydrogen-bond donors (Lipinski definition) is 1. The lowest BCUT2D eigenvalue weighted by atomic mass is 10.1. The van der Waals surface area contributed by atoms with Crippen molar-refractivity contribution in [1.29, 1.82) is 0 Å². The summed E-state index contributed by atoms with van der Waals surface area (Å²) in [4.78, 5) is 18.6. The Kier molecular flexibility index (Phi) is 2.30. The topological polar surface area (TPSA) is 68.0 Å². The Morgan fingerprint density at radius 2 is 2.11 bits per heavy atom. The van der Waals surface area contributed by atoms with Crippen LogP contribution in [0.1, 0.15) is 10.5 Å². The maximum Gasteiger partial charge on any atom is 0.356 e. The molecule has 0 amide bonds. The number of nitrogens with zero attached hydrogens (tertiary/aromatic N) is 3. The molecule has 0 radical (unpaired) electrons. The lowest BCUT2D eigenvalue weighted by molar-refractivity contribution is 0.0691. The molecule has 0 unspecified atom stereocenters. The first kappa shape index (κ1) is 10.5. The van der Waals surface area contributed by atoms with E-state index in [1.54, 1.807) is 17.0 Å². The average Bonchev–Trinajstić information content (AvgIpc) is 2.88. The lowest BCUT2D eigenvalue weighted by Gasteiger charge is -2.03. The van der Waals surface area contributed by atoms with Crippen LogP contribution in [-0.4, -0.2) is 25.6 Å². The summed E-state index contributed by atoms with van der Waals surface area (Å²) in [5.74, 6) is -1.03. The van der Waals surface area contributed by atoms with Crippen molar-refractivity contribution in [1.82, 2.24) is 14.5 Å². The number of imidazole rings is 1. The molecule has 5 heteroatoms. The standard InChI is InChI=1S/C13H9N3O2/c17-13(18)12-7-16(8-15-12)11-2-1-10-6-14-4-3-9(10)5-11/h1-8H,(H,17,18). The van der Waals surface area contributed by atoms with Crippen LogP contribution < -0.4 is 0 Å². The van der Waals surface area contributed by atoms with E-state index in [-0.39, 0.29) is 5.69 Å². The molecule has 0 fully saturated rings. The van der Waals surface area contributed by atoms with Gasteiger partial charge < -0.3 is 9.67 Å². The van der Waals surface area contributed by atoms with Gasteiger partial charge in [-0.3, -0.25) is 4.98 Å². The third-order valence-electron chi connectivity index (χ3n) is 2.72. The van der Waals surface area contributed by atoms with Crippen LogP contribution in [-0.2, 0) is 0 Å². The van der Waals surface area contributed by atoms with Gasteiger partial charge in [0, 0.05) is 29.7 Å². The molecular weight excluding hydrogens is 230 g/mol. The SMILES string of the molecule is O=C(O)c1cn(-c2ccc3cnccc3c2)cn1. The number of pyridine rings is 1. The molecule has 0 aliphatic carbocycles. The van der Waals surface area contributed by atoms with Gasteiger partial charge in [0.25, 0.3) is 0 Å². The van der Waals surface area contributed by atoms with Crippen LogP contribution >= 0.6 is 0 Å². The maximum atomic E-state index is 10.8. The Labute approximate surface area is 102 Å². The molecule has 18 heavy (non-hydrogen) atoms. The number of benzene rings is 1. The monoisotopic (exact) mass is 239 g/mol. The van der Waals surface area contributed by atoms with Gasteiger partial charge in [-0.2, -0.15) is 0 Å². The summed E-state index contributed by atoms with van der Waals surface area (Å²) in [6.45, 7) is 0. The minimum Gasteiger partial charge on any atom is -0.476 e. The average molecular weight is 239 g/mol. The Hall–Kier alpha value is -2.69. The van der Waals surface area contributed by atoms with E-state index in [0.717, 1.165) is 16.5 Å². The van der Waals surface area contributed by atoms with Gasteiger partial charge in [0.05, 0.1) is 0 Å². The Morgan fingerprint density at radius 1 is 1.22 bits per heavy atom. The van der Waals surface area contributed by atoms with E-state index in [2.05, 4.69) is 9.97 Å². The van der Waals surface area contributed by atoms with Crippen molar-refractivity contribution in [2.75, 3.05) is 0 Å². The molecule has 0 aliphatic rings. The number of rotatable bonds is 2. The van der Waals surface area contributed by atoms with E-state index in [1.165, 1.54) is 12.5 Å². The second kappa shape index (κ2) is 3.96. The summed E-state index contributed by atoms with van der Waals surface area (Å²) in [5, 5.41) is 10.9. The highest BCUT2D eigenvalue weighted by atomic mass is 16.4. The Balaban J connectivity index is 2.10. The van der Waals surface area contributed by atoms with E-state index in [4.69, 9.17) is 5.11 Å². The molecule has 2 heterocycles. The van der Waals surface area contributed by atoms with E-state index in [1.807, 2.05) is 24.3 Å². The fraction of sp³-hybridized carbons (Fsp3) is 0. The normalized spacial score (nSPS) is 10.7. The molecule has 1 N–H and O–H groups in total. The minimum atomic E-state index is -1.03. The van der Waals surface area contributed by atoms with Crippen molar-refractivity contribution in [3.8, 4) is 5.69 Å². The first-order valence-corrected chi connectivity index (χ1v) is 5.35. The molecule has 0 saturated carbocycles. The predicted molar refractivity (Wildman–Crippen MR) is 65.8 cm³/mol. The number of carbonyl (C=O) groups is 1. The zero-order chi connectivity index (χ0) is 12.5. The molecule has 3 rings (SSSR count). The summed E-state index contributed by atoms with van der Waals surface area (Å²) < 4.78 is 1.68. The van der Waals surface area contributed by atoms with Gasteiger partial charge in [0.2, 0.25) is 0 Å². The fourth-order valence-corrected chi connectivity index (χ4v) is 1.81. The summed E-state index contributed by atoms with van der Waals surface area (Å²) in [7, 11) is 0. The van der Waals surface area contributed by atoms with Crippen LogP contribution in [0, 0.1) is 0 Å². The third kappa shape index (κ3) is 1.71. The minimum absolute atomic E-state index is 0.0322. The van der Waals surface area contributed by atoms with Crippen LogP contribution in [0.25, 0.3) is 16.5 Å². The zero-order valence-electron chi connectivity index (χ0n) is 9.32. The summed E-state index contributed by atoms with van der Waals surface area (Å²) in [5.41, 5.74) is 0.901. The van der Waals surface area contributed by atoms with Crippen molar-refractivity contribution in [3.63, 3.8) is 0 Å². The van der Waals surface area contributed by atoms with Crippen LogP contribution in [0.3, 0.4) is 0 Å². The van der Waals surface area contributed by atoms with Crippen molar-refractivity contribution in [3.05, 3.63) is 54.9 Å². The summed E-state index contributed by atoms with van der Waals surface area (Å²) >= 11 is 0. The maximum absolute atomic E-state index is 10.8. The number of fused-ring (bicyclic) bond motifs is 1. The highest BCUT2D eigenvalue weighted by molar-refractivity contribution is 5.85. The quantitative estimate of drug-likeness (QED) is 0.743. The van der Waals surface area contributed by atoms with Crippen LogP contribution in [0.5, 0.6) is 0 Å². The van der Waals surface area contributed by atoms with Crippen molar-refractivity contribution >= 4 is 16.7 Å². The number of aromatic nitrogens is 3. The van der Waals surface area contributed by atoms with Crippen LogP contribution in [0.15, 0.2) is 49.2 Å². The first-order chi connectivity index (χ1) is 8.74. The van der Waals surface area contributed by atoms with Gasteiger partial charge in [0.1, 0.15) is 6.33 Å². The van der Waals surface area contributed by atoms with E-state index in [9.17, 15) is 4.79 Å². The molecule has 3 aromatic rings. The van der Waals surface area contributed by atoms with Gasteiger partial charge >= 0.3 is 5.97 Å². The summed E-state index contributed by atoms with van der Waals surface area (Å²) in [6.07, 6.45) is 6.49. The van der Waals surface area contributed by atoms with Crippen molar-refractivity contribution in [2.24, 2.45) is 0 Å². The van der Waals surface area contributed by atoms with Crippen LogP contribution in [0.2, 0.25) is 0 Å². The third-order valence-corrected chi connectivity index (χ3v) is 2.72. The second-order valence-corrected chi connectivity index (χ2v) is 3.88. The fourth-order valence-electron chi connectivity index (χ4n) is 1.81. The number of hydrogen-bond acceptors (Lipinski definition) is 3. The van der Waals surface area contributed by atoms with E-state index >= 15 is 0 Å². The van der Waals surface area contributed by atoms with Gasteiger partial charge in [-0.05, 0) is 23.6 Å². The number of carboxylic acid groups (broad SMARTS) is 1. The molecule has 2 aromatic heterocycles. The number of carboxylic acids is 1. The Bertz CT molecular complexity index is 734. The Morgan fingerprint density at radius 3 is 2.89 bits per heavy atom. The highest BCUT2D eigenvalue weighted by Gasteiger charge is 2.07. The second-order valence-electron chi connectivity index (χ2n) is 3.88. The largest absolute Gasteiger partial charge is 0.476 e. The number of aromatic carboxylic acids is 1. The molecular formula is C13H9N3O2. The lowest BCUT2D eigenvalue weighted by Crippen LogP contribution is -1.95. The van der Waals surface area contributed by atoms with Crippen molar-refractivity contribution < 1.29 is 9.90 Å². The molecule has 0 aliphatic heterocycles. The van der Waals surface area contributed by atoms with E-state index < -0.39 is 5.97 Å². The molecule has 5 nitrogen and oxygen atoms in total. The van der Waals surface area contributed by atoms with Crippen molar-refractivity contribution in [2.45, 2.75) is 0 Å². The van der Waals surface area contributed by atoms with Gasteiger partial charge in [-0.25, -0.2) is 9.78 Å². The van der Waals surface area contributed by atoms with Gasteiger partial charge in [-0.15, -0.1) is 0 Å². The molecule has 0 bridgehead atoms. The van der Waals surface area contributed by atoms with Gasteiger partial charge in [0.15, 0.2) is 5.69 Å². The zero-order valence-corrected chi connectivity index (χ0v) is 9.32. The summed E-state index contributed by atoms with van der Waals surface area (Å²) in [6, 6.07) is 7.72. The van der Waals surface area contributed by atoms with Gasteiger partial charge in [-0.1, -0.05) is 6.07 Å². The first-order valence-electron chi connectivity index (χ1n) is 5.35. The molecule has 1 aromatic carbocycles. The molecule has 0 saturated heterocycles. The molecule has 0 atom stereocenters. The molecule has 0 spiro atoms. The predicted octanol–water partition coefficient (Wildman–Crippen LogP) is 2.12. The smallest absolute Gasteiger partial charge is 0.356 e. The molecule has 88 valence electrons. The van der Waals surface area contributed by atoms with Crippen LogP contribution in [0.4, 0.5) is 0 Å².